The quantitative estimate of drug-likeness (QED) is 0.247. The lowest BCUT2D eigenvalue weighted by atomic mass is 9.49. The fourth-order valence-electron chi connectivity index (χ4n) is 8.56. The summed E-state index contributed by atoms with van der Waals surface area (Å²) in [6.45, 7) is 14.0. The number of hydrogen-bond acceptors (Lipinski definition) is 6. The van der Waals surface area contributed by atoms with Crippen LogP contribution in [0.3, 0.4) is 0 Å². The van der Waals surface area contributed by atoms with Crippen molar-refractivity contribution in [3.8, 4) is 0 Å². The first kappa shape index (κ1) is 29.7. The Labute approximate surface area is 234 Å². The third-order valence-electron chi connectivity index (χ3n) is 10.4. The van der Waals surface area contributed by atoms with E-state index >= 15 is 0 Å². The van der Waals surface area contributed by atoms with E-state index in [1.54, 1.807) is 5.57 Å². The van der Waals surface area contributed by atoms with E-state index in [0.717, 1.165) is 37.9 Å². The predicted molar refractivity (Wildman–Crippen MR) is 154 cm³/mol. The van der Waals surface area contributed by atoms with E-state index in [1.165, 1.54) is 38.7 Å². The summed E-state index contributed by atoms with van der Waals surface area (Å²) in [6, 6.07) is 0. The molecular weight excluding hydrogens is 496 g/mol. The molecule has 6 heteroatoms. The van der Waals surface area contributed by atoms with E-state index < -0.39 is 5.60 Å². The van der Waals surface area contributed by atoms with E-state index in [1.807, 2.05) is 13.8 Å². The van der Waals surface area contributed by atoms with E-state index in [9.17, 15) is 14.7 Å². The molecule has 0 saturated heterocycles. The Morgan fingerprint density at radius 3 is 2.45 bits per heavy atom. The zero-order chi connectivity index (χ0) is 27.9. The highest BCUT2D eigenvalue weighted by atomic mass is 32.2. The van der Waals surface area contributed by atoms with Crippen molar-refractivity contribution in [1.29, 1.82) is 0 Å². The molecule has 0 aromatic rings. The van der Waals surface area contributed by atoms with Gasteiger partial charge >= 0.3 is 11.9 Å². The van der Waals surface area contributed by atoms with Crippen molar-refractivity contribution in [3.63, 3.8) is 0 Å². The predicted octanol–water partition coefficient (Wildman–Crippen LogP) is 7.02. The number of unbranched alkanes of at least 4 members (excludes halogenated alkanes) is 1. The molecule has 214 valence electrons. The number of aliphatic hydroxyl groups is 1. The Morgan fingerprint density at radius 1 is 1.08 bits per heavy atom. The summed E-state index contributed by atoms with van der Waals surface area (Å²) in [5, 5.41) is 10.6. The van der Waals surface area contributed by atoms with Crippen LogP contribution in [0.15, 0.2) is 23.3 Å². The van der Waals surface area contributed by atoms with Gasteiger partial charge in [0.2, 0.25) is 0 Å². The zero-order valence-corrected chi connectivity index (χ0v) is 25.5. The standard InChI is InChI=1S/C32H50O5S/c1-20(38-17-9-8-15-30(4,5)35)26-12-13-27-25-11-10-23-18-24(36-21(2)33)19-29(37-22(3)34)32(23,7)28(25)14-16-31(26,27)6/h10-11,20,24,26-29,35H,8-9,12-19H2,1-7H3/t20?,24-,26-,27+,28+,29+,31-,32+/m1/s1. The molecule has 8 atom stereocenters. The van der Waals surface area contributed by atoms with Crippen molar-refractivity contribution in [3.05, 3.63) is 23.3 Å². The first-order valence-corrected chi connectivity index (χ1v) is 15.9. The van der Waals surface area contributed by atoms with Gasteiger partial charge in [0.1, 0.15) is 12.2 Å². The van der Waals surface area contributed by atoms with Crippen molar-refractivity contribution in [2.45, 2.75) is 129 Å². The molecule has 0 aliphatic heterocycles. The van der Waals surface area contributed by atoms with Gasteiger partial charge in [-0.05, 0) is 87.7 Å². The highest BCUT2D eigenvalue weighted by molar-refractivity contribution is 7.99. The van der Waals surface area contributed by atoms with Gasteiger partial charge in [0.15, 0.2) is 0 Å². The molecule has 0 aromatic heterocycles. The van der Waals surface area contributed by atoms with Gasteiger partial charge in [0, 0.05) is 37.4 Å². The van der Waals surface area contributed by atoms with Crippen LogP contribution in [0, 0.1) is 28.6 Å². The number of fused-ring (bicyclic) bond motifs is 5. The second kappa shape index (κ2) is 11.3. The van der Waals surface area contributed by atoms with Gasteiger partial charge in [-0.15, -0.1) is 0 Å². The van der Waals surface area contributed by atoms with Crippen LogP contribution in [0.1, 0.15) is 106 Å². The summed E-state index contributed by atoms with van der Waals surface area (Å²) in [5.74, 6) is 2.27. The minimum absolute atomic E-state index is 0.239. The molecule has 4 aliphatic rings. The number of ether oxygens (including phenoxy) is 2. The van der Waals surface area contributed by atoms with E-state index in [0.29, 0.717) is 34.8 Å². The number of carbonyl (C=O) groups is 2. The van der Waals surface area contributed by atoms with Gasteiger partial charge in [-0.3, -0.25) is 9.59 Å². The average molecular weight is 547 g/mol. The molecule has 4 rings (SSSR count). The number of carbonyl (C=O) groups excluding carboxylic acids is 2. The SMILES string of the molecule is CC(=O)O[C@@H]1CC2=CC=C3[C@@H]4CC[C@H](C(C)SCCCCC(C)(C)O)[C@@]4(C)CC[C@@H]3[C@@]2(C)[C@@H](OC(C)=O)C1. The van der Waals surface area contributed by atoms with Gasteiger partial charge in [-0.2, -0.15) is 11.8 Å². The van der Waals surface area contributed by atoms with Gasteiger partial charge in [-0.1, -0.05) is 44.1 Å². The smallest absolute Gasteiger partial charge is 0.302 e. The summed E-state index contributed by atoms with van der Waals surface area (Å²) < 4.78 is 11.6. The number of allylic oxidation sites excluding steroid dienone is 3. The molecular formula is C32H50O5S. The highest BCUT2D eigenvalue weighted by Crippen LogP contribution is 2.66. The molecule has 1 unspecified atom stereocenters. The number of rotatable bonds is 9. The van der Waals surface area contributed by atoms with E-state index in [2.05, 4.69) is 44.7 Å². The Kier molecular flexibility index (Phi) is 8.84. The van der Waals surface area contributed by atoms with E-state index in [-0.39, 0.29) is 29.6 Å². The molecule has 0 heterocycles. The molecule has 0 amide bonds. The number of thioether (sulfide) groups is 1. The van der Waals surface area contributed by atoms with Crippen molar-refractivity contribution in [2.75, 3.05) is 5.75 Å². The molecule has 38 heavy (non-hydrogen) atoms. The zero-order valence-electron chi connectivity index (χ0n) is 24.7. The second-order valence-corrected chi connectivity index (χ2v) is 15.1. The van der Waals surface area contributed by atoms with Gasteiger partial charge in [0.25, 0.3) is 0 Å². The molecule has 0 spiro atoms. The number of esters is 2. The Hall–Kier alpha value is -1.27. The monoisotopic (exact) mass is 546 g/mol. The molecule has 0 radical (unpaired) electrons. The first-order chi connectivity index (χ1) is 17.8. The van der Waals surface area contributed by atoms with Crippen LogP contribution in [0.25, 0.3) is 0 Å². The fraction of sp³-hybridized carbons (Fsp3) is 0.812. The van der Waals surface area contributed by atoms with Crippen LogP contribution in [-0.4, -0.2) is 45.9 Å². The summed E-state index contributed by atoms with van der Waals surface area (Å²) in [5.41, 5.74) is 2.33. The minimum atomic E-state index is -0.562. The summed E-state index contributed by atoms with van der Waals surface area (Å²) in [6.07, 6.45) is 13.4. The average Bonchev–Trinajstić information content (AvgIpc) is 3.15. The second-order valence-electron chi connectivity index (χ2n) is 13.6. The third-order valence-corrected chi connectivity index (χ3v) is 11.8. The Morgan fingerprint density at radius 2 is 1.79 bits per heavy atom. The largest absolute Gasteiger partial charge is 0.462 e. The summed E-state index contributed by atoms with van der Waals surface area (Å²) in [4.78, 5) is 23.9. The minimum Gasteiger partial charge on any atom is -0.462 e. The molecule has 0 aromatic carbocycles. The normalized spacial score (nSPS) is 37.2. The Balaban J connectivity index is 1.50. The summed E-state index contributed by atoms with van der Waals surface area (Å²) >= 11 is 2.13. The van der Waals surface area contributed by atoms with Crippen LogP contribution < -0.4 is 0 Å². The lowest BCUT2D eigenvalue weighted by molar-refractivity contribution is -0.165. The topological polar surface area (TPSA) is 72.8 Å². The van der Waals surface area contributed by atoms with Gasteiger partial charge < -0.3 is 14.6 Å². The van der Waals surface area contributed by atoms with Crippen molar-refractivity contribution in [1.82, 2.24) is 0 Å². The third kappa shape index (κ3) is 5.92. The van der Waals surface area contributed by atoms with Crippen LogP contribution in [0.5, 0.6) is 0 Å². The van der Waals surface area contributed by atoms with Gasteiger partial charge in [0.05, 0.1) is 5.60 Å². The maximum absolute atomic E-state index is 12.2. The molecule has 4 aliphatic carbocycles. The fourth-order valence-corrected chi connectivity index (χ4v) is 9.98. The van der Waals surface area contributed by atoms with Crippen LogP contribution >= 0.6 is 11.8 Å². The van der Waals surface area contributed by atoms with Crippen molar-refractivity contribution < 1.29 is 24.2 Å². The molecule has 1 N–H and O–H groups in total. The maximum Gasteiger partial charge on any atom is 0.302 e. The van der Waals surface area contributed by atoms with Crippen LogP contribution in [-0.2, 0) is 19.1 Å². The van der Waals surface area contributed by atoms with Crippen LogP contribution in [0.2, 0.25) is 0 Å². The lowest BCUT2D eigenvalue weighted by Crippen LogP contribution is -2.54. The molecule has 3 saturated carbocycles. The van der Waals surface area contributed by atoms with Gasteiger partial charge in [-0.25, -0.2) is 0 Å². The van der Waals surface area contributed by atoms with Crippen molar-refractivity contribution in [2.24, 2.45) is 28.6 Å². The molecule has 3 fully saturated rings. The first-order valence-electron chi connectivity index (χ1n) is 14.8. The Bertz CT molecular complexity index is 963. The summed E-state index contributed by atoms with van der Waals surface area (Å²) in [7, 11) is 0. The molecule has 0 bridgehead atoms. The van der Waals surface area contributed by atoms with Crippen molar-refractivity contribution >= 4 is 23.7 Å². The molecule has 5 nitrogen and oxygen atoms in total. The highest BCUT2D eigenvalue weighted by Gasteiger charge is 2.60. The van der Waals surface area contributed by atoms with Crippen LogP contribution in [0.4, 0.5) is 0 Å². The lowest BCUT2D eigenvalue weighted by Gasteiger charge is -2.57. The maximum atomic E-state index is 12.2. The van der Waals surface area contributed by atoms with E-state index in [4.69, 9.17) is 9.47 Å². The number of hydrogen-bond donors (Lipinski definition) is 1.